The number of aliphatic hydroxyl groups excluding tert-OH is 1. The lowest BCUT2D eigenvalue weighted by Crippen LogP contribution is -2.11. The van der Waals surface area contributed by atoms with Gasteiger partial charge in [0.15, 0.2) is 0 Å². The summed E-state index contributed by atoms with van der Waals surface area (Å²) in [5, 5.41) is 11.0. The summed E-state index contributed by atoms with van der Waals surface area (Å²) < 4.78 is 5.21. The lowest BCUT2D eigenvalue weighted by atomic mass is 9.92. The van der Waals surface area contributed by atoms with Gasteiger partial charge < -0.3 is 9.84 Å². The summed E-state index contributed by atoms with van der Waals surface area (Å²) in [7, 11) is 1.66. The van der Waals surface area contributed by atoms with Crippen molar-refractivity contribution in [2.24, 2.45) is 0 Å². The van der Waals surface area contributed by atoms with Crippen molar-refractivity contribution in [3.8, 4) is 5.75 Å². The Morgan fingerprint density at radius 2 is 2.24 bits per heavy atom. The van der Waals surface area contributed by atoms with Gasteiger partial charge in [0.1, 0.15) is 5.75 Å². The van der Waals surface area contributed by atoms with Crippen LogP contribution in [0.2, 0.25) is 0 Å². The molecule has 3 rings (SSSR count). The minimum Gasteiger partial charge on any atom is -0.497 e. The third-order valence-corrected chi connectivity index (χ3v) is 3.37. The van der Waals surface area contributed by atoms with Gasteiger partial charge in [0.2, 0.25) is 0 Å². The quantitative estimate of drug-likeness (QED) is 0.817. The van der Waals surface area contributed by atoms with Gasteiger partial charge >= 0.3 is 0 Å². The summed E-state index contributed by atoms with van der Waals surface area (Å²) in [6, 6.07) is 7.96. The van der Waals surface area contributed by atoms with Gasteiger partial charge in [-0.15, -0.1) is 0 Å². The fourth-order valence-corrected chi connectivity index (χ4v) is 2.45. The Labute approximate surface area is 100 Å². The Balaban J connectivity index is 2.20. The summed E-state index contributed by atoms with van der Waals surface area (Å²) >= 11 is 0. The Morgan fingerprint density at radius 3 is 3.06 bits per heavy atom. The molecule has 1 aromatic heterocycles. The summed E-state index contributed by atoms with van der Waals surface area (Å²) in [6.45, 7) is 0. The van der Waals surface area contributed by atoms with Crippen molar-refractivity contribution >= 4 is 10.9 Å². The van der Waals surface area contributed by atoms with Crippen molar-refractivity contribution in [3.63, 3.8) is 0 Å². The SMILES string of the molecule is COc1ccc2nc3c(cc2c1)CCCC3O. The first kappa shape index (κ1) is 10.5. The number of ether oxygens (including phenoxy) is 1. The summed E-state index contributed by atoms with van der Waals surface area (Å²) in [5.41, 5.74) is 2.95. The van der Waals surface area contributed by atoms with E-state index in [1.54, 1.807) is 7.11 Å². The standard InChI is InChI=1S/C14H15NO2/c1-17-11-5-6-12-10(8-11)7-9-3-2-4-13(16)14(9)15-12/h5-8,13,16H,2-4H2,1H3. The molecule has 1 aromatic carbocycles. The minimum atomic E-state index is -0.398. The number of fused-ring (bicyclic) bond motifs is 2. The van der Waals surface area contributed by atoms with E-state index < -0.39 is 6.10 Å². The number of nitrogens with zero attached hydrogens (tertiary/aromatic N) is 1. The topological polar surface area (TPSA) is 42.4 Å². The van der Waals surface area contributed by atoms with E-state index in [-0.39, 0.29) is 0 Å². The third-order valence-electron chi connectivity index (χ3n) is 3.37. The highest BCUT2D eigenvalue weighted by atomic mass is 16.5. The molecule has 0 fully saturated rings. The van der Waals surface area contributed by atoms with Crippen LogP contribution in [0.15, 0.2) is 24.3 Å². The molecule has 1 N–H and O–H groups in total. The Bertz CT molecular complexity index is 565. The van der Waals surface area contributed by atoms with Crippen LogP contribution in [0.5, 0.6) is 5.75 Å². The van der Waals surface area contributed by atoms with E-state index in [1.165, 1.54) is 5.56 Å². The number of aromatic nitrogens is 1. The van der Waals surface area contributed by atoms with Crippen LogP contribution in [0.25, 0.3) is 10.9 Å². The molecule has 1 aliphatic carbocycles. The van der Waals surface area contributed by atoms with Crippen LogP contribution in [0.3, 0.4) is 0 Å². The first-order chi connectivity index (χ1) is 8.28. The van der Waals surface area contributed by atoms with Crippen LogP contribution in [-0.2, 0) is 6.42 Å². The molecule has 88 valence electrons. The van der Waals surface area contributed by atoms with E-state index in [0.717, 1.165) is 41.6 Å². The van der Waals surface area contributed by atoms with Crippen molar-refractivity contribution in [1.29, 1.82) is 0 Å². The van der Waals surface area contributed by atoms with Crippen LogP contribution >= 0.6 is 0 Å². The van der Waals surface area contributed by atoms with E-state index in [1.807, 2.05) is 18.2 Å². The molecule has 1 heterocycles. The lowest BCUT2D eigenvalue weighted by molar-refractivity contribution is 0.152. The molecular weight excluding hydrogens is 214 g/mol. The molecule has 0 bridgehead atoms. The van der Waals surface area contributed by atoms with Gasteiger partial charge in [-0.2, -0.15) is 0 Å². The van der Waals surface area contributed by atoms with Crippen LogP contribution in [0.1, 0.15) is 30.2 Å². The first-order valence-corrected chi connectivity index (χ1v) is 5.93. The van der Waals surface area contributed by atoms with E-state index in [2.05, 4.69) is 11.1 Å². The predicted molar refractivity (Wildman–Crippen MR) is 66.2 cm³/mol. The van der Waals surface area contributed by atoms with Gasteiger partial charge in [0, 0.05) is 5.39 Å². The Kier molecular flexibility index (Phi) is 2.48. The monoisotopic (exact) mass is 229 g/mol. The van der Waals surface area contributed by atoms with Crippen LogP contribution in [-0.4, -0.2) is 17.2 Å². The fraction of sp³-hybridized carbons (Fsp3) is 0.357. The van der Waals surface area contributed by atoms with Crippen LogP contribution in [0, 0.1) is 0 Å². The highest BCUT2D eigenvalue weighted by Gasteiger charge is 2.19. The van der Waals surface area contributed by atoms with Crippen molar-refractivity contribution in [1.82, 2.24) is 4.98 Å². The fourth-order valence-electron chi connectivity index (χ4n) is 2.45. The van der Waals surface area contributed by atoms with E-state index in [9.17, 15) is 5.11 Å². The number of methoxy groups -OCH3 is 1. The second-order valence-corrected chi connectivity index (χ2v) is 4.50. The van der Waals surface area contributed by atoms with Gasteiger partial charge in [-0.25, -0.2) is 4.98 Å². The van der Waals surface area contributed by atoms with Crippen LogP contribution < -0.4 is 4.74 Å². The van der Waals surface area contributed by atoms with E-state index >= 15 is 0 Å². The molecule has 0 amide bonds. The number of benzene rings is 1. The molecule has 3 heteroatoms. The summed E-state index contributed by atoms with van der Waals surface area (Å²) in [4.78, 5) is 4.57. The lowest BCUT2D eigenvalue weighted by Gasteiger charge is -2.20. The molecule has 1 atom stereocenters. The molecule has 0 aliphatic heterocycles. The van der Waals surface area contributed by atoms with Crippen molar-refractivity contribution in [2.75, 3.05) is 7.11 Å². The number of hydrogen-bond donors (Lipinski definition) is 1. The normalized spacial score (nSPS) is 19.1. The Hall–Kier alpha value is -1.61. The average Bonchev–Trinajstić information content (AvgIpc) is 2.36. The zero-order valence-corrected chi connectivity index (χ0v) is 9.81. The summed E-state index contributed by atoms with van der Waals surface area (Å²) in [5.74, 6) is 0.843. The van der Waals surface area contributed by atoms with Gasteiger partial charge in [0.05, 0.1) is 24.4 Å². The largest absolute Gasteiger partial charge is 0.497 e. The molecule has 0 radical (unpaired) electrons. The Morgan fingerprint density at radius 1 is 1.35 bits per heavy atom. The van der Waals surface area contributed by atoms with Gasteiger partial charge in [-0.1, -0.05) is 0 Å². The number of aryl methyl sites for hydroxylation is 1. The van der Waals surface area contributed by atoms with Gasteiger partial charge in [-0.3, -0.25) is 0 Å². The molecule has 17 heavy (non-hydrogen) atoms. The molecule has 1 unspecified atom stereocenters. The number of pyridine rings is 1. The van der Waals surface area contributed by atoms with Crippen LogP contribution in [0.4, 0.5) is 0 Å². The highest BCUT2D eigenvalue weighted by molar-refractivity contribution is 5.81. The molecule has 3 nitrogen and oxygen atoms in total. The second kappa shape index (κ2) is 4.00. The molecule has 0 saturated carbocycles. The second-order valence-electron chi connectivity index (χ2n) is 4.50. The zero-order valence-electron chi connectivity index (χ0n) is 9.81. The van der Waals surface area contributed by atoms with Gasteiger partial charge in [-0.05, 0) is 49.1 Å². The number of rotatable bonds is 1. The first-order valence-electron chi connectivity index (χ1n) is 5.93. The van der Waals surface area contributed by atoms with Crippen molar-refractivity contribution in [3.05, 3.63) is 35.5 Å². The molecule has 2 aromatic rings. The average molecular weight is 229 g/mol. The van der Waals surface area contributed by atoms with E-state index in [4.69, 9.17) is 4.74 Å². The van der Waals surface area contributed by atoms with Gasteiger partial charge in [0.25, 0.3) is 0 Å². The third kappa shape index (κ3) is 1.76. The zero-order chi connectivity index (χ0) is 11.8. The van der Waals surface area contributed by atoms with Crippen molar-refractivity contribution in [2.45, 2.75) is 25.4 Å². The maximum absolute atomic E-state index is 9.93. The number of hydrogen-bond acceptors (Lipinski definition) is 3. The maximum atomic E-state index is 9.93. The summed E-state index contributed by atoms with van der Waals surface area (Å²) in [6.07, 6.45) is 2.46. The smallest absolute Gasteiger partial charge is 0.119 e. The van der Waals surface area contributed by atoms with Crippen molar-refractivity contribution < 1.29 is 9.84 Å². The van der Waals surface area contributed by atoms with E-state index in [0.29, 0.717) is 0 Å². The predicted octanol–water partition coefficient (Wildman–Crippen LogP) is 2.61. The minimum absolute atomic E-state index is 0.398. The molecule has 1 aliphatic rings. The molecule has 0 saturated heterocycles. The molecule has 0 spiro atoms. The number of aliphatic hydroxyl groups is 1. The molecular formula is C14H15NO2. The maximum Gasteiger partial charge on any atom is 0.119 e. The highest BCUT2D eigenvalue weighted by Crippen LogP contribution is 2.31.